The van der Waals surface area contributed by atoms with Crippen LogP contribution < -0.4 is 5.32 Å². The molecule has 1 fully saturated rings. The molecule has 3 nitrogen and oxygen atoms in total. The van der Waals surface area contributed by atoms with Gasteiger partial charge >= 0.3 is 0 Å². The van der Waals surface area contributed by atoms with E-state index in [9.17, 15) is 0 Å². The highest BCUT2D eigenvalue weighted by Gasteiger charge is 2.35. The van der Waals surface area contributed by atoms with Crippen molar-refractivity contribution < 1.29 is 0 Å². The molecule has 0 aromatic carbocycles. The van der Waals surface area contributed by atoms with E-state index in [0.717, 1.165) is 17.8 Å². The molecule has 1 saturated carbocycles. The van der Waals surface area contributed by atoms with Crippen LogP contribution in [0.2, 0.25) is 0 Å². The normalized spacial score (nSPS) is 27.0. The summed E-state index contributed by atoms with van der Waals surface area (Å²) >= 11 is 0. The van der Waals surface area contributed by atoms with Crippen molar-refractivity contribution in [3.8, 4) is 0 Å². The van der Waals surface area contributed by atoms with E-state index >= 15 is 0 Å². The van der Waals surface area contributed by atoms with Crippen molar-refractivity contribution in [1.29, 1.82) is 0 Å². The maximum atomic E-state index is 4.29. The zero-order valence-corrected chi connectivity index (χ0v) is 14.5. The lowest BCUT2D eigenvalue weighted by Crippen LogP contribution is -2.36. The topological polar surface area (TPSA) is 29.9 Å². The van der Waals surface area contributed by atoms with Gasteiger partial charge in [-0.05, 0) is 74.4 Å². The summed E-state index contributed by atoms with van der Waals surface area (Å²) in [5.74, 6) is 2.59. The fourth-order valence-corrected chi connectivity index (χ4v) is 3.95. The quantitative estimate of drug-likeness (QED) is 0.897. The summed E-state index contributed by atoms with van der Waals surface area (Å²) < 4.78 is 1.92. The first-order valence-corrected chi connectivity index (χ1v) is 8.52. The lowest BCUT2D eigenvalue weighted by molar-refractivity contribution is 0.0936. The fourth-order valence-electron chi connectivity index (χ4n) is 3.95. The predicted molar refractivity (Wildman–Crippen MR) is 89.2 cm³/mol. The first-order chi connectivity index (χ1) is 9.90. The summed E-state index contributed by atoms with van der Waals surface area (Å²) in [6.45, 7) is 8.41. The van der Waals surface area contributed by atoms with Gasteiger partial charge in [0.1, 0.15) is 0 Å². The Morgan fingerprint density at radius 3 is 2.62 bits per heavy atom. The second kappa shape index (κ2) is 6.95. The van der Waals surface area contributed by atoms with Crippen LogP contribution in [0.15, 0.2) is 12.4 Å². The van der Waals surface area contributed by atoms with Gasteiger partial charge in [-0.15, -0.1) is 0 Å². The zero-order chi connectivity index (χ0) is 15.5. The van der Waals surface area contributed by atoms with Gasteiger partial charge in [0.25, 0.3) is 0 Å². The summed E-state index contributed by atoms with van der Waals surface area (Å²) in [4.78, 5) is 0. The molecule has 1 heterocycles. The lowest BCUT2D eigenvalue weighted by atomic mass is 9.64. The maximum Gasteiger partial charge on any atom is 0.0521 e. The van der Waals surface area contributed by atoms with E-state index in [0.29, 0.717) is 5.41 Å². The van der Waals surface area contributed by atoms with Crippen LogP contribution in [0.4, 0.5) is 0 Å². The zero-order valence-electron chi connectivity index (χ0n) is 14.5. The van der Waals surface area contributed by atoms with Gasteiger partial charge in [-0.3, -0.25) is 4.68 Å². The summed E-state index contributed by atoms with van der Waals surface area (Å²) in [5.41, 5.74) is 1.84. The Morgan fingerprint density at radius 1 is 1.29 bits per heavy atom. The van der Waals surface area contributed by atoms with Crippen LogP contribution in [-0.4, -0.2) is 23.4 Å². The molecule has 1 aliphatic rings. The van der Waals surface area contributed by atoms with E-state index < -0.39 is 0 Å². The standard InChI is InChI=1S/C18H33N3/c1-18(2,3)17-9-8-16(12-19-4)15(10-17)7-6-14-11-20-21(5)13-14/h11,13,15-17,19H,6-10,12H2,1-5H3. The third kappa shape index (κ3) is 4.57. The van der Waals surface area contributed by atoms with Gasteiger partial charge < -0.3 is 5.32 Å². The van der Waals surface area contributed by atoms with Crippen molar-refractivity contribution in [3.63, 3.8) is 0 Å². The average molecular weight is 291 g/mol. The summed E-state index contributed by atoms with van der Waals surface area (Å²) in [6, 6.07) is 0. The van der Waals surface area contributed by atoms with Gasteiger partial charge in [-0.25, -0.2) is 0 Å². The second-order valence-electron chi connectivity index (χ2n) is 8.01. The average Bonchev–Trinajstić information content (AvgIpc) is 2.82. The lowest BCUT2D eigenvalue weighted by Gasteiger charge is -2.42. The van der Waals surface area contributed by atoms with E-state index in [1.54, 1.807) is 0 Å². The molecule has 0 saturated heterocycles. The molecule has 0 bridgehead atoms. The largest absolute Gasteiger partial charge is 0.319 e. The minimum absolute atomic E-state index is 0.456. The third-order valence-corrected chi connectivity index (χ3v) is 5.39. The molecule has 1 N–H and O–H groups in total. The van der Waals surface area contributed by atoms with E-state index in [1.165, 1.54) is 44.2 Å². The van der Waals surface area contributed by atoms with E-state index in [1.807, 2.05) is 17.9 Å². The Balaban J connectivity index is 1.96. The fraction of sp³-hybridized carbons (Fsp3) is 0.833. The maximum absolute atomic E-state index is 4.29. The highest BCUT2D eigenvalue weighted by atomic mass is 15.2. The molecule has 0 aliphatic heterocycles. The highest BCUT2D eigenvalue weighted by molar-refractivity contribution is 5.04. The van der Waals surface area contributed by atoms with Gasteiger partial charge in [0.2, 0.25) is 0 Å². The first-order valence-electron chi connectivity index (χ1n) is 8.52. The molecule has 0 amide bonds. The molecule has 0 spiro atoms. The molecule has 1 aromatic rings. The van der Waals surface area contributed by atoms with E-state index in [4.69, 9.17) is 0 Å². The molecule has 1 aromatic heterocycles. The molecule has 1 aliphatic carbocycles. The van der Waals surface area contributed by atoms with Crippen LogP contribution in [0.3, 0.4) is 0 Å². The van der Waals surface area contributed by atoms with Crippen molar-refractivity contribution >= 4 is 0 Å². The number of hydrogen-bond acceptors (Lipinski definition) is 2. The van der Waals surface area contributed by atoms with E-state index in [-0.39, 0.29) is 0 Å². The number of nitrogens with zero attached hydrogens (tertiary/aromatic N) is 2. The molecule has 3 heteroatoms. The van der Waals surface area contributed by atoms with Crippen LogP contribution in [0.1, 0.15) is 52.0 Å². The van der Waals surface area contributed by atoms with Gasteiger partial charge in [0.05, 0.1) is 6.20 Å². The Bertz CT molecular complexity index is 430. The Morgan fingerprint density at radius 2 is 2.05 bits per heavy atom. The number of rotatable bonds is 5. The van der Waals surface area contributed by atoms with Gasteiger partial charge in [-0.2, -0.15) is 5.10 Å². The molecule has 120 valence electrons. The van der Waals surface area contributed by atoms with Crippen molar-refractivity contribution in [2.45, 2.75) is 52.9 Å². The predicted octanol–water partition coefficient (Wildman–Crippen LogP) is 3.65. The molecule has 2 rings (SSSR count). The van der Waals surface area contributed by atoms with Crippen LogP contribution >= 0.6 is 0 Å². The van der Waals surface area contributed by atoms with Crippen molar-refractivity contribution in [3.05, 3.63) is 18.0 Å². The van der Waals surface area contributed by atoms with Gasteiger partial charge in [0.15, 0.2) is 0 Å². The van der Waals surface area contributed by atoms with E-state index in [2.05, 4.69) is 44.4 Å². The summed E-state index contributed by atoms with van der Waals surface area (Å²) in [7, 11) is 4.09. The molecular weight excluding hydrogens is 258 g/mol. The Hall–Kier alpha value is -0.830. The highest BCUT2D eigenvalue weighted by Crippen LogP contribution is 2.44. The minimum Gasteiger partial charge on any atom is -0.319 e. The molecular formula is C18H33N3. The third-order valence-electron chi connectivity index (χ3n) is 5.39. The smallest absolute Gasteiger partial charge is 0.0521 e. The van der Waals surface area contributed by atoms with Crippen LogP contribution in [-0.2, 0) is 13.5 Å². The van der Waals surface area contributed by atoms with Crippen molar-refractivity contribution in [1.82, 2.24) is 15.1 Å². The van der Waals surface area contributed by atoms with Crippen LogP contribution in [0, 0.1) is 23.2 Å². The molecule has 3 unspecified atom stereocenters. The molecule has 3 atom stereocenters. The first kappa shape index (κ1) is 16.5. The van der Waals surface area contributed by atoms with Crippen molar-refractivity contribution in [2.75, 3.05) is 13.6 Å². The number of aryl methyl sites for hydroxylation is 2. The number of nitrogens with one attached hydrogen (secondary N) is 1. The minimum atomic E-state index is 0.456. The Kier molecular flexibility index (Phi) is 5.48. The Labute approximate surface area is 130 Å². The number of hydrogen-bond donors (Lipinski definition) is 1. The van der Waals surface area contributed by atoms with Gasteiger partial charge in [0, 0.05) is 13.2 Å². The van der Waals surface area contributed by atoms with Crippen LogP contribution in [0.25, 0.3) is 0 Å². The molecule has 21 heavy (non-hydrogen) atoms. The second-order valence-corrected chi connectivity index (χ2v) is 8.01. The molecule has 0 radical (unpaired) electrons. The van der Waals surface area contributed by atoms with Gasteiger partial charge in [-0.1, -0.05) is 20.8 Å². The van der Waals surface area contributed by atoms with Crippen LogP contribution in [0.5, 0.6) is 0 Å². The summed E-state index contributed by atoms with van der Waals surface area (Å²) in [5, 5.41) is 7.70. The number of aromatic nitrogens is 2. The van der Waals surface area contributed by atoms with Crippen molar-refractivity contribution in [2.24, 2.45) is 30.2 Å². The summed E-state index contributed by atoms with van der Waals surface area (Å²) in [6.07, 6.45) is 10.9. The monoisotopic (exact) mass is 291 g/mol. The SMILES string of the molecule is CNCC1CCC(C(C)(C)C)CC1CCc1cnn(C)c1.